The molecule has 4 aliphatic heterocycles. The van der Waals surface area contributed by atoms with E-state index in [0.29, 0.717) is 89.0 Å². The highest BCUT2D eigenvalue weighted by atomic mass is 19.1. The summed E-state index contributed by atoms with van der Waals surface area (Å²) in [6.45, 7) is 1.84. The standard InChI is InChI=1S/C29H28FN7O6.C27H31N7O2/c30-21-11-18-13-33-36-23(18)12-20(21)19-3-1-4-22-28(19)29(17-6-8-37(36,9-7-17)26(41)5-2-10-38)34-35(22)16-25(40)31-14-24(39)32-15-27(42)43;1-29-15-5-10-23(35)33-16-6-7-20(17-33)34-27-24(26(28)30-18-31-27)25(32-34)19-11-13-22(14-12-19)36-21-8-3-2-4-9-21/h1,3-4,10-13,17H,2,5-9,14-16H2,(H2-,31,32,39,40,42,43);2-4,8-9,11-14,18,20,29H,5-7,10,15-17H2,1H3,(H2,28,30,31)/p+1. The summed E-state index contributed by atoms with van der Waals surface area (Å²) in [4.78, 5) is 85.3. The van der Waals surface area contributed by atoms with Crippen molar-refractivity contribution < 1.29 is 43.0 Å². The summed E-state index contributed by atoms with van der Waals surface area (Å²) >= 11 is 0. The third-order valence-electron chi connectivity index (χ3n) is 14.8. The maximum Gasteiger partial charge on any atom is 0.340 e. The molecule has 0 radical (unpaired) electrons. The van der Waals surface area contributed by atoms with Crippen molar-refractivity contribution in [3.05, 3.63) is 109 Å². The monoisotopic (exact) mass is 1080 g/mol. The fourth-order valence-corrected chi connectivity index (χ4v) is 11.0. The number of anilines is 1. The van der Waals surface area contributed by atoms with E-state index in [1.54, 1.807) is 35.3 Å². The largest absolute Gasteiger partial charge is 0.480 e. The number of ether oxygens (including phenoxy) is 1. The number of rotatable bonds is 17. The molecule has 0 spiro atoms. The molecule has 22 nitrogen and oxygen atoms in total. The van der Waals surface area contributed by atoms with Crippen LogP contribution in [0.25, 0.3) is 55.2 Å². The van der Waals surface area contributed by atoms with Gasteiger partial charge in [-0.1, -0.05) is 35.1 Å². The predicted molar refractivity (Wildman–Crippen MR) is 291 cm³/mol. The molecular weight excluding hydrogens is 1020 g/mol. The first-order valence-electron chi connectivity index (χ1n) is 26.4. The number of nitrogens with zero attached hydrogens (tertiary/aromatic N) is 10. The number of carbonyl (C=O) groups is 6. The summed E-state index contributed by atoms with van der Waals surface area (Å²) in [5, 5.41) is 32.8. The average molecular weight is 1080 g/mol. The lowest BCUT2D eigenvalue weighted by molar-refractivity contribution is -0.141. The van der Waals surface area contributed by atoms with Gasteiger partial charge < -0.3 is 41.2 Å². The van der Waals surface area contributed by atoms with E-state index < -0.39 is 36.7 Å². The van der Waals surface area contributed by atoms with Gasteiger partial charge in [0.05, 0.1) is 41.8 Å². The molecule has 23 heteroatoms. The summed E-state index contributed by atoms with van der Waals surface area (Å²) in [6, 6.07) is 25.9. The van der Waals surface area contributed by atoms with Gasteiger partial charge in [-0.15, -0.1) is 9.69 Å². The van der Waals surface area contributed by atoms with Crippen molar-refractivity contribution in [2.24, 2.45) is 0 Å². The Kier molecular flexibility index (Phi) is 15.8. The van der Waals surface area contributed by atoms with E-state index in [1.807, 2.05) is 71.2 Å². The quantitative estimate of drug-likeness (QED) is 0.0435. The van der Waals surface area contributed by atoms with E-state index in [1.165, 1.54) is 17.1 Å². The Morgan fingerprint density at radius 3 is 2.39 bits per heavy atom. The van der Waals surface area contributed by atoms with Crippen LogP contribution in [0.1, 0.15) is 69.0 Å². The van der Waals surface area contributed by atoms with E-state index in [0.717, 1.165) is 66.8 Å². The molecule has 6 N–H and O–H groups in total. The Labute approximate surface area is 452 Å². The fourth-order valence-electron chi connectivity index (χ4n) is 11.0. The Bertz CT molecular complexity index is 3590. The number of halogens is 1. The first-order valence-corrected chi connectivity index (χ1v) is 26.4. The number of nitrogen functional groups attached to an aromatic ring is 1. The summed E-state index contributed by atoms with van der Waals surface area (Å²) in [6.07, 6.45) is 8.25. The smallest absolute Gasteiger partial charge is 0.340 e. The van der Waals surface area contributed by atoms with Crippen molar-refractivity contribution in [3.8, 4) is 33.9 Å². The van der Waals surface area contributed by atoms with Crippen LogP contribution in [0.5, 0.6) is 11.5 Å². The molecule has 12 rings (SSSR count). The van der Waals surface area contributed by atoms with Crippen molar-refractivity contribution >= 4 is 74.5 Å². The molecule has 0 aliphatic carbocycles. The highest BCUT2D eigenvalue weighted by Crippen LogP contribution is 2.43. The number of nitrogens with two attached hydrogens (primary N) is 1. The molecule has 408 valence electrons. The van der Waals surface area contributed by atoms with Crippen LogP contribution in [-0.2, 0) is 35.3 Å². The van der Waals surface area contributed by atoms with Crippen molar-refractivity contribution in [3.63, 3.8) is 0 Å². The van der Waals surface area contributed by atoms with Crippen LogP contribution in [0, 0.1) is 5.82 Å². The normalized spacial score (nSPS) is 17.5. The second-order valence-corrected chi connectivity index (χ2v) is 19.9. The van der Waals surface area contributed by atoms with Gasteiger partial charge in [-0.05, 0) is 93.0 Å². The van der Waals surface area contributed by atoms with Gasteiger partial charge in [0.15, 0.2) is 5.65 Å². The lowest BCUT2D eigenvalue weighted by Gasteiger charge is -2.39. The molecule has 8 aromatic rings. The minimum absolute atomic E-state index is 0.0261. The molecule has 1 unspecified atom stereocenters. The number of fused-ring (bicyclic) bond motifs is 3. The highest BCUT2D eigenvalue weighted by Gasteiger charge is 2.46. The lowest BCUT2D eigenvalue weighted by Crippen LogP contribution is -2.65. The number of hydrogen-bond acceptors (Lipinski definition) is 14. The summed E-state index contributed by atoms with van der Waals surface area (Å²) < 4.78 is 25.0. The number of carboxylic acids is 1. The number of hydrogen-bond donors (Lipinski definition) is 5. The molecule has 79 heavy (non-hydrogen) atoms. The topological polar surface area (TPSA) is 276 Å². The average Bonchev–Trinajstić information content (AvgIpc) is 4.29. The van der Waals surface area contributed by atoms with Crippen LogP contribution in [0.4, 0.5) is 10.2 Å². The van der Waals surface area contributed by atoms with E-state index in [-0.39, 0.29) is 47.8 Å². The molecule has 2 fully saturated rings. The second kappa shape index (κ2) is 23.3. The first-order chi connectivity index (χ1) is 38.3. The summed E-state index contributed by atoms with van der Waals surface area (Å²) in [7, 11) is 1.90. The molecule has 0 saturated carbocycles. The Morgan fingerprint density at radius 1 is 0.861 bits per heavy atom. The third kappa shape index (κ3) is 11.1. The molecule has 2 saturated heterocycles. The van der Waals surface area contributed by atoms with Gasteiger partial charge in [-0.3, -0.25) is 23.9 Å². The van der Waals surface area contributed by atoms with E-state index in [2.05, 4.69) is 31.0 Å². The van der Waals surface area contributed by atoms with Gasteiger partial charge >= 0.3 is 11.9 Å². The zero-order chi connectivity index (χ0) is 55.2. The van der Waals surface area contributed by atoms with Gasteiger partial charge in [0.1, 0.15) is 73.1 Å². The maximum absolute atomic E-state index is 15.7. The molecule has 4 aliphatic rings. The molecule has 4 aromatic carbocycles. The van der Waals surface area contributed by atoms with E-state index >= 15 is 4.39 Å². The Balaban J connectivity index is 0.000000181. The zero-order valence-electron chi connectivity index (χ0n) is 43.5. The number of carboxylic acid groups (broad SMARTS) is 1. The number of para-hydroxylation sites is 1. The number of piperidine rings is 2. The Morgan fingerprint density at radius 2 is 1.63 bits per heavy atom. The third-order valence-corrected chi connectivity index (χ3v) is 14.8. The van der Waals surface area contributed by atoms with Crippen LogP contribution in [-0.4, -0.2) is 138 Å². The minimum atomic E-state index is -1.20. The lowest BCUT2D eigenvalue weighted by atomic mass is 9.88. The number of nitrogens with one attached hydrogen (secondary N) is 3. The van der Waals surface area contributed by atoms with Crippen molar-refractivity contribution in [1.29, 1.82) is 0 Å². The van der Waals surface area contributed by atoms with Crippen LogP contribution in [0.15, 0.2) is 97.5 Å². The van der Waals surface area contributed by atoms with Gasteiger partial charge in [0.25, 0.3) is 0 Å². The number of carbonyl (C=O) groups excluding carboxylic acids is 5. The van der Waals surface area contributed by atoms with Gasteiger partial charge in [0, 0.05) is 66.6 Å². The van der Waals surface area contributed by atoms with Crippen molar-refractivity contribution in [2.45, 2.75) is 69.9 Å². The number of amides is 4. The predicted octanol–water partition coefficient (Wildman–Crippen LogP) is 5.38. The van der Waals surface area contributed by atoms with Gasteiger partial charge in [-0.2, -0.15) is 10.2 Å². The molecule has 8 heterocycles. The molecule has 4 amide bonds. The number of benzene rings is 4. The molecule has 4 aromatic heterocycles. The maximum atomic E-state index is 15.7. The van der Waals surface area contributed by atoms with Gasteiger partial charge in [0.2, 0.25) is 17.7 Å². The fraction of sp³-hybridized carbons (Fsp3) is 0.339. The van der Waals surface area contributed by atoms with Crippen LogP contribution in [0.2, 0.25) is 0 Å². The van der Waals surface area contributed by atoms with E-state index in [9.17, 15) is 28.8 Å². The minimum Gasteiger partial charge on any atom is -0.480 e. The molecule has 4 bridgehead atoms. The highest BCUT2D eigenvalue weighted by molar-refractivity contribution is 6.01. The number of aliphatic carboxylic acids is 1. The number of quaternary nitrogens is 1. The molecule has 1 atom stereocenters. The second-order valence-electron chi connectivity index (χ2n) is 19.9. The molecular formula is C56H60FN14O8+. The SMILES string of the molecule is CNCCCC(=O)N1CCCC(n2nc(-c3ccc(Oc4ccccc4)cc3)c3c(N)ncnc32)C1.O=CCCC(=O)[N+]12CCC(CC1)c1nn(CC(=O)NCC(=O)NCC(=O)O)c3cccc(c13)-c1cc3c(cnn32)cc1F. The summed E-state index contributed by atoms with van der Waals surface area (Å²) in [5.41, 5.74) is 11.4. The number of likely N-dealkylation sites (tertiary alicyclic amines) is 1. The van der Waals surface area contributed by atoms with Gasteiger partial charge in [-0.25, -0.2) is 23.8 Å². The Hall–Kier alpha value is -8.96. The van der Waals surface area contributed by atoms with Crippen molar-refractivity contribution in [1.82, 2.24) is 64.9 Å². The van der Waals surface area contributed by atoms with E-state index in [4.69, 9.17) is 25.8 Å². The number of aldehydes is 1. The first kappa shape index (κ1) is 53.4. The summed E-state index contributed by atoms with van der Waals surface area (Å²) in [5.74, 6) is -0.976. The number of aromatic nitrogens is 8. The van der Waals surface area contributed by atoms with Crippen molar-refractivity contribution in [2.75, 3.05) is 58.6 Å². The van der Waals surface area contributed by atoms with Crippen LogP contribution >= 0.6 is 0 Å². The zero-order valence-corrected chi connectivity index (χ0v) is 43.5. The van der Waals surface area contributed by atoms with Crippen LogP contribution in [0.3, 0.4) is 0 Å². The van der Waals surface area contributed by atoms with Crippen LogP contribution < -0.4 is 31.0 Å².